The first-order chi connectivity index (χ1) is 14.0. The van der Waals surface area contributed by atoms with Crippen LogP contribution in [0.1, 0.15) is 11.1 Å². The van der Waals surface area contributed by atoms with Crippen LogP contribution in [0.5, 0.6) is 0 Å². The first-order valence-corrected chi connectivity index (χ1v) is 9.79. The predicted molar refractivity (Wildman–Crippen MR) is 111 cm³/mol. The SMILES string of the molecule is COC(OC)/C(=C\C(=O)OCc1ccccc1)C(Br)C(=O)OCc1ccccc1. The monoisotopic (exact) mass is 462 g/mol. The Hall–Kier alpha value is -2.48. The maximum absolute atomic E-state index is 12.5. The molecule has 2 aromatic carbocycles. The van der Waals surface area contributed by atoms with Crippen LogP contribution in [0.3, 0.4) is 0 Å². The minimum atomic E-state index is -0.944. The van der Waals surface area contributed by atoms with Crippen molar-refractivity contribution in [2.45, 2.75) is 24.3 Å². The van der Waals surface area contributed by atoms with E-state index in [9.17, 15) is 9.59 Å². The van der Waals surface area contributed by atoms with Crippen LogP contribution in [0.15, 0.2) is 72.3 Å². The summed E-state index contributed by atoms with van der Waals surface area (Å²) in [5, 5.41) is 0. The van der Waals surface area contributed by atoms with Gasteiger partial charge in [-0.1, -0.05) is 76.6 Å². The van der Waals surface area contributed by atoms with E-state index < -0.39 is 23.1 Å². The van der Waals surface area contributed by atoms with E-state index in [2.05, 4.69) is 15.9 Å². The van der Waals surface area contributed by atoms with Gasteiger partial charge in [-0.15, -0.1) is 0 Å². The number of alkyl halides is 1. The van der Waals surface area contributed by atoms with Crippen molar-refractivity contribution in [3.8, 4) is 0 Å². The zero-order chi connectivity index (χ0) is 21.1. The summed E-state index contributed by atoms with van der Waals surface area (Å²) in [6.45, 7) is 0.220. The van der Waals surface area contributed by atoms with Crippen LogP contribution >= 0.6 is 15.9 Å². The molecule has 0 aromatic heterocycles. The largest absolute Gasteiger partial charge is 0.460 e. The molecule has 1 unspecified atom stereocenters. The Morgan fingerprint density at radius 3 is 1.83 bits per heavy atom. The van der Waals surface area contributed by atoms with Gasteiger partial charge in [-0.05, 0) is 11.1 Å². The smallest absolute Gasteiger partial charge is 0.331 e. The van der Waals surface area contributed by atoms with Crippen molar-refractivity contribution in [2.75, 3.05) is 14.2 Å². The number of ether oxygens (including phenoxy) is 4. The molecule has 0 aliphatic heterocycles. The van der Waals surface area contributed by atoms with Crippen molar-refractivity contribution >= 4 is 27.9 Å². The summed E-state index contributed by atoms with van der Waals surface area (Å²) >= 11 is 3.28. The van der Waals surface area contributed by atoms with Gasteiger partial charge in [-0.25, -0.2) is 4.79 Å². The van der Waals surface area contributed by atoms with E-state index in [0.29, 0.717) is 0 Å². The summed E-state index contributed by atoms with van der Waals surface area (Å²) in [6, 6.07) is 18.6. The summed E-state index contributed by atoms with van der Waals surface area (Å²) < 4.78 is 21.0. The molecule has 2 aromatic rings. The molecule has 0 heterocycles. The number of halogens is 1. The number of esters is 2. The number of carbonyl (C=O) groups excluding carboxylic acids is 2. The molecular weight excluding hydrogens is 440 g/mol. The van der Waals surface area contributed by atoms with E-state index in [-0.39, 0.29) is 18.8 Å². The summed E-state index contributed by atoms with van der Waals surface area (Å²) in [5.74, 6) is -1.20. The number of hydrogen-bond donors (Lipinski definition) is 0. The quantitative estimate of drug-likeness (QED) is 0.231. The molecule has 29 heavy (non-hydrogen) atoms. The van der Waals surface area contributed by atoms with Crippen LogP contribution in [-0.4, -0.2) is 37.3 Å². The van der Waals surface area contributed by atoms with E-state index >= 15 is 0 Å². The van der Waals surface area contributed by atoms with Gasteiger partial charge in [-0.2, -0.15) is 0 Å². The molecule has 6 nitrogen and oxygen atoms in total. The highest BCUT2D eigenvalue weighted by molar-refractivity contribution is 9.10. The molecule has 0 bridgehead atoms. The van der Waals surface area contributed by atoms with Crippen LogP contribution in [0.2, 0.25) is 0 Å². The van der Waals surface area contributed by atoms with Crippen LogP contribution < -0.4 is 0 Å². The average molecular weight is 463 g/mol. The van der Waals surface area contributed by atoms with Gasteiger partial charge in [-0.3, -0.25) is 4.79 Å². The lowest BCUT2D eigenvalue weighted by molar-refractivity contribution is -0.144. The molecule has 7 heteroatoms. The maximum Gasteiger partial charge on any atom is 0.331 e. The lowest BCUT2D eigenvalue weighted by atomic mass is 10.1. The minimum absolute atomic E-state index is 0.109. The number of carbonyl (C=O) groups is 2. The molecule has 1 atom stereocenters. The Balaban J connectivity index is 2.05. The van der Waals surface area contributed by atoms with Crippen molar-refractivity contribution in [3.05, 3.63) is 83.4 Å². The molecule has 2 rings (SSSR count). The minimum Gasteiger partial charge on any atom is -0.460 e. The van der Waals surface area contributed by atoms with Gasteiger partial charge in [0.1, 0.15) is 18.0 Å². The van der Waals surface area contributed by atoms with E-state index in [1.165, 1.54) is 20.3 Å². The van der Waals surface area contributed by atoms with Gasteiger partial charge in [0, 0.05) is 25.9 Å². The average Bonchev–Trinajstić information content (AvgIpc) is 2.77. The Morgan fingerprint density at radius 2 is 1.34 bits per heavy atom. The van der Waals surface area contributed by atoms with Crippen molar-refractivity contribution in [3.63, 3.8) is 0 Å². The van der Waals surface area contributed by atoms with Crippen LogP contribution in [0, 0.1) is 0 Å². The summed E-state index contributed by atoms with van der Waals surface area (Å²) in [7, 11) is 2.82. The molecule has 0 saturated carbocycles. The number of hydrogen-bond acceptors (Lipinski definition) is 6. The third-order valence-corrected chi connectivity index (χ3v) is 4.83. The Bertz CT molecular complexity index is 803. The third-order valence-electron chi connectivity index (χ3n) is 3.93. The highest BCUT2D eigenvalue weighted by Crippen LogP contribution is 2.21. The summed E-state index contributed by atoms with van der Waals surface area (Å²) in [5.41, 5.74) is 1.94. The van der Waals surface area contributed by atoms with E-state index in [1.807, 2.05) is 60.7 Å². The highest BCUT2D eigenvalue weighted by atomic mass is 79.9. The van der Waals surface area contributed by atoms with Gasteiger partial charge in [0.2, 0.25) is 0 Å². The molecule has 154 valence electrons. The molecule has 0 saturated heterocycles. The first-order valence-electron chi connectivity index (χ1n) is 8.87. The lowest BCUT2D eigenvalue weighted by Gasteiger charge is -2.21. The molecule has 0 fully saturated rings. The Morgan fingerprint density at radius 1 is 0.862 bits per heavy atom. The molecule has 0 N–H and O–H groups in total. The van der Waals surface area contributed by atoms with Crippen LogP contribution in [0.25, 0.3) is 0 Å². The molecule has 0 amide bonds. The fraction of sp³-hybridized carbons (Fsp3) is 0.273. The topological polar surface area (TPSA) is 71.1 Å². The zero-order valence-electron chi connectivity index (χ0n) is 16.2. The van der Waals surface area contributed by atoms with E-state index in [0.717, 1.165) is 11.1 Å². The second kappa shape index (κ2) is 12.2. The van der Waals surface area contributed by atoms with Crippen molar-refractivity contribution in [1.29, 1.82) is 0 Å². The van der Waals surface area contributed by atoms with Crippen molar-refractivity contribution in [2.24, 2.45) is 0 Å². The highest BCUT2D eigenvalue weighted by Gasteiger charge is 2.29. The maximum atomic E-state index is 12.5. The van der Waals surface area contributed by atoms with Gasteiger partial charge in [0.05, 0.1) is 0 Å². The second-order valence-electron chi connectivity index (χ2n) is 6.00. The predicted octanol–water partition coefficient (Wildman–Crippen LogP) is 3.78. The standard InChI is InChI=1S/C22H23BrO6/c1-26-22(27-2)18(13-19(24)28-14-16-9-5-3-6-10-16)20(23)21(25)29-15-17-11-7-4-8-12-17/h3-13,20,22H,14-15H2,1-2H3/b18-13-. The molecule has 0 radical (unpaired) electrons. The van der Waals surface area contributed by atoms with Gasteiger partial charge in [0.15, 0.2) is 6.29 Å². The number of benzene rings is 2. The number of rotatable bonds is 10. The molecule has 0 aliphatic rings. The Labute approximate surface area is 178 Å². The molecule has 0 aliphatic carbocycles. The van der Waals surface area contributed by atoms with Crippen LogP contribution in [-0.2, 0) is 41.8 Å². The van der Waals surface area contributed by atoms with Gasteiger partial charge < -0.3 is 18.9 Å². The van der Waals surface area contributed by atoms with E-state index in [1.54, 1.807) is 0 Å². The van der Waals surface area contributed by atoms with Gasteiger partial charge >= 0.3 is 11.9 Å². The van der Waals surface area contributed by atoms with Gasteiger partial charge in [0.25, 0.3) is 0 Å². The normalized spacial score (nSPS) is 12.5. The fourth-order valence-corrected chi connectivity index (χ4v) is 2.95. The second-order valence-corrected chi connectivity index (χ2v) is 6.91. The Kier molecular flexibility index (Phi) is 9.56. The summed E-state index contributed by atoms with van der Waals surface area (Å²) in [6.07, 6.45) is 0.261. The van der Waals surface area contributed by atoms with Crippen molar-refractivity contribution < 1.29 is 28.5 Å². The fourth-order valence-electron chi connectivity index (χ4n) is 2.47. The van der Waals surface area contributed by atoms with Crippen molar-refractivity contribution in [1.82, 2.24) is 0 Å². The lowest BCUT2D eigenvalue weighted by Crippen LogP contribution is -2.30. The molecule has 0 spiro atoms. The third kappa shape index (κ3) is 7.45. The first kappa shape index (κ1) is 22.8. The molecular formula is C22H23BrO6. The number of methoxy groups -OCH3 is 2. The van der Waals surface area contributed by atoms with Crippen LogP contribution in [0.4, 0.5) is 0 Å². The van der Waals surface area contributed by atoms with E-state index in [4.69, 9.17) is 18.9 Å². The zero-order valence-corrected chi connectivity index (χ0v) is 17.8. The summed E-state index contributed by atoms with van der Waals surface area (Å²) in [4.78, 5) is 23.8.